The van der Waals surface area contributed by atoms with Gasteiger partial charge in [0.25, 0.3) is 0 Å². The van der Waals surface area contributed by atoms with E-state index in [0.717, 1.165) is 0 Å². The molecule has 0 N–H and O–H groups in total. The molecule has 3 nitrogen and oxygen atoms in total. The Kier molecular flexibility index (Phi) is 7.07. The van der Waals surface area contributed by atoms with Gasteiger partial charge in [-0.05, 0) is 60.4 Å². The maximum atomic E-state index is 13.6. The van der Waals surface area contributed by atoms with Crippen LogP contribution in [-0.2, 0) is 28.5 Å². The summed E-state index contributed by atoms with van der Waals surface area (Å²) in [5.41, 5.74) is -1.77. The predicted octanol–water partition coefficient (Wildman–Crippen LogP) is 6.09. The minimum Gasteiger partial charge on any atom is -0.373 e. The highest BCUT2D eigenvalue weighted by atomic mass is 19.4. The van der Waals surface area contributed by atoms with Crippen molar-refractivity contribution in [3.05, 3.63) is 70.0 Å². The molecule has 1 fully saturated rings. The van der Waals surface area contributed by atoms with E-state index >= 15 is 0 Å². The number of ether oxygens (including phenoxy) is 1. The standard InChI is InChI=1S/C23H22F7NO2/c1-13-7-18(24)3-4-19(13)20-11-31(14(2)32)6-5-21(20)33-12-15-8-16(22(25,26)27)10-17(9-15)23(28,29)30/h3-4,7-10,20-21H,5-6,11-12H2,1-2H3. The Bertz CT molecular complexity index is 985. The van der Waals surface area contributed by atoms with Crippen molar-refractivity contribution in [2.45, 2.75) is 51.2 Å². The largest absolute Gasteiger partial charge is 0.416 e. The van der Waals surface area contributed by atoms with Crippen molar-refractivity contribution in [2.24, 2.45) is 0 Å². The predicted molar refractivity (Wildman–Crippen MR) is 106 cm³/mol. The first kappa shape index (κ1) is 25.0. The number of piperidine rings is 1. The molecule has 2 atom stereocenters. The van der Waals surface area contributed by atoms with E-state index in [-0.39, 0.29) is 24.1 Å². The molecule has 1 aliphatic heterocycles. The smallest absolute Gasteiger partial charge is 0.373 e. The third kappa shape index (κ3) is 6.04. The highest BCUT2D eigenvalue weighted by molar-refractivity contribution is 5.73. The maximum absolute atomic E-state index is 13.6. The minimum atomic E-state index is -4.95. The number of nitrogens with zero attached hydrogens (tertiary/aromatic N) is 1. The zero-order valence-corrected chi connectivity index (χ0v) is 17.9. The Labute approximate surface area is 186 Å². The number of halogens is 7. The topological polar surface area (TPSA) is 29.5 Å². The molecule has 180 valence electrons. The van der Waals surface area contributed by atoms with Gasteiger partial charge >= 0.3 is 12.4 Å². The van der Waals surface area contributed by atoms with Crippen LogP contribution in [0.2, 0.25) is 0 Å². The molecule has 1 saturated heterocycles. The number of rotatable bonds is 4. The number of aryl methyl sites for hydroxylation is 1. The molecule has 2 aromatic carbocycles. The lowest BCUT2D eigenvalue weighted by molar-refractivity contribution is -0.143. The van der Waals surface area contributed by atoms with Gasteiger partial charge in [0.15, 0.2) is 0 Å². The summed E-state index contributed by atoms with van der Waals surface area (Å²) >= 11 is 0. The molecule has 2 aromatic rings. The van der Waals surface area contributed by atoms with E-state index in [0.29, 0.717) is 36.2 Å². The van der Waals surface area contributed by atoms with Crippen molar-refractivity contribution in [2.75, 3.05) is 13.1 Å². The zero-order valence-electron chi connectivity index (χ0n) is 17.9. The fourth-order valence-electron chi connectivity index (χ4n) is 4.08. The monoisotopic (exact) mass is 477 g/mol. The molecule has 0 bridgehead atoms. The van der Waals surface area contributed by atoms with E-state index < -0.39 is 47.9 Å². The fraction of sp³-hybridized carbons (Fsp3) is 0.435. The highest BCUT2D eigenvalue weighted by Gasteiger charge is 2.37. The first-order chi connectivity index (χ1) is 15.3. The first-order valence-electron chi connectivity index (χ1n) is 10.2. The number of amides is 1. The van der Waals surface area contributed by atoms with Crippen LogP contribution in [0.1, 0.15) is 47.1 Å². The normalized spacial score (nSPS) is 19.6. The van der Waals surface area contributed by atoms with Gasteiger partial charge in [0.05, 0.1) is 23.8 Å². The third-order valence-electron chi connectivity index (χ3n) is 5.74. The second kappa shape index (κ2) is 9.32. The first-order valence-corrected chi connectivity index (χ1v) is 10.2. The SMILES string of the molecule is CC(=O)N1CCC(OCc2cc(C(F)(F)F)cc(C(F)(F)F)c2)C(c2ccc(F)cc2C)C1. The molecule has 1 heterocycles. The number of hydrogen-bond donors (Lipinski definition) is 0. The van der Waals surface area contributed by atoms with Crippen molar-refractivity contribution >= 4 is 5.91 Å². The van der Waals surface area contributed by atoms with Crippen molar-refractivity contribution in [1.29, 1.82) is 0 Å². The van der Waals surface area contributed by atoms with E-state index in [1.807, 2.05) is 0 Å². The lowest BCUT2D eigenvalue weighted by atomic mass is 9.85. The van der Waals surface area contributed by atoms with E-state index in [2.05, 4.69) is 0 Å². The lowest BCUT2D eigenvalue weighted by Crippen LogP contribution is -2.45. The van der Waals surface area contributed by atoms with Crippen LogP contribution >= 0.6 is 0 Å². The molecule has 0 radical (unpaired) electrons. The maximum Gasteiger partial charge on any atom is 0.416 e. The van der Waals surface area contributed by atoms with Crippen LogP contribution in [0, 0.1) is 12.7 Å². The fourth-order valence-corrected chi connectivity index (χ4v) is 4.08. The van der Waals surface area contributed by atoms with E-state index in [9.17, 15) is 35.5 Å². The summed E-state index contributed by atoms with van der Waals surface area (Å²) in [6, 6.07) is 5.48. The van der Waals surface area contributed by atoms with E-state index in [4.69, 9.17) is 4.74 Å². The zero-order chi connectivity index (χ0) is 24.6. The summed E-state index contributed by atoms with van der Waals surface area (Å²) in [7, 11) is 0. The third-order valence-corrected chi connectivity index (χ3v) is 5.74. The number of benzene rings is 2. The van der Waals surface area contributed by atoms with Crippen molar-refractivity contribution in [3.8, 4) is 0 Å². The molecule has 33 heavy (non-hydrogen) atoms. The second-order valence-corrected chi connectivity index (χ2v) is 8.12. The molecule has 3 rings (SSSR count). The molecule has 10 heteroatoms. The Hall–Kier alpha value is -2.62. The summed E-state index contributed by atoms with van der Waals surface area (Å²) in [5, 5.41) is 0. The molecular weight excluding hydrogens is 455 g/mol. The minimum absolute atomic E-state index is 0.0690. The van der Waals surface area contributed by atoms with Crippen LogP contribution in [0.4, 0.5) is 30.7 Å². The molecule has 0 aromatic heterocycles. The Balaban J connectivity index is 1.88. The summed E-state index contributed by atoms with van der Waals surface area (Å²) < 4.78 is 98.2. The van der Waals surface area contributed by atoms with Crippen LogP contribution in [0.25, 0.3) is 0 Å². The van der Waals surface area contributed by atoms with Gasteiger partial charge in [-0.15, -0.1) is 0 Å². The van der Waals surface area contributed by atoms with Gasteiger partial charge < -0.3 is 9.64 Å². The Morgan fingerprint density at radius 3 is 2.15 bits per heavy atom. The molecule has 0 saturated carbocycles. The quantitative estimate of drug-likeness (QED) is 0.499. The lowest BCUT2D eigenvalue weighted by Gasteiger charge is -2.39. The molecule has 0 spiro atoms. The van der Waals surface area contributed by atoms with Gasteiger partial charge in [-0.3, -0.25) is 4.79 Å². The number of likely N-dealkylation sites (tertiary alicyclic amines) is 1. The average molecular weight is 477 g/mol. The van der Waals surface area contributed by atoms with Gasteiger partial charge in [0.2, 0.25) is 5.91 Å². The van der Waals surface area contributed by atoms with Gasteiger partial charge in [0.1, 0.15) is 5.82 Å². The number of hydrogen-bond acceptors (Lipinski definition) is 2. The number of carbonyl (C=O) groups is 1. The Morgan fingerprint density at radius 2 is 1.64 bits per heavy atom. The van der Waals surface area contributed by atoms with Gasteiger partial charge in [-0.2, -0.15) is 26.3 Å². The van der Waals surface area contributed by atoms with Crippen LogP contribution < -0.4 is 0 Å². The summed E-state index contributed by atoms with van der Waals surface area (Å²) in [4.78, 5) is 13.5. The van der Waals surface area contributed by atoms with E-state index in [1.165, 1.54) is 19.1 Å². The van der Waals surface area contributed by atoms with E-state index in [1.54, 1.807) is 17.9 Å². The second-order valence-electron chi connectivity index (χ2n) is 8.12. The van der Waals surface area contributed by atoms with Gasteiger partial charge in [-0.1, -0.05) is 6.07 Å². The van der Waals surface area contributed by atoms with Crippen molar-refractivity contribution in [3.63, 3.8) is 0 Å². The summed E-state index contributed by atoms with van der Waals surface area (Å²) in [6.07, 6.45) is -10.2. The Morgan fingerprint density at radius 1 is 1.03 bits per heavy atom. The molecular formula is C23H22F7NO2. The summed E-state index contributed by atoms with van der Waals surface area (Å²) in [6.45, 7) is 3.17. The van der Waals surface area contributed by atoms with Crippen molar-refractivity contribution < 1.29 is 40.3 Å². The van der Waals surface area contributed by atoms with Crippen LogP contribution in [0.5, 0.6) is 0 Å². The number of carbonyl (C=O) groups excluding carboxylic acids is 1. The molecule has 2 unspecified atom stereocenters. The molecule has 1 amide bonds. The number of alkyl halides is 6. The highest BCUT2D eigenvalue weighted by Crippen LogP contribution is 2.37. The van der Waals surface area contributed by atoms with Gasteiger partial charge in [-0.25, -0.2) is 4.39 Å². The van der Waals surface area contributed by atoms with Crippen LogP contribution in [0.3, 0.4) is 0 Å². The van der Waals surface area contributed by atoms with Crippen molar-refractivity contribution in [1.82, 2.24) is 4.90 Å². The average Bonchev–Trinajstić information content (AvgIpc) is 2.70. The molecule has 1 aliphatic rings. The van der Waals surface area contributed by atoms with Gasteiger partial charge in [0, 0.05) is 25.9 Å². The molecule has 0 aliphatic carbocycles. The van der Waals surface area contributed by atoms with Crippen LogP contribution in [-0.4, -0.2) is 30.0 Å². The van der Waals surface area contributed by atoms with Crippen LogP contribution in [0.15, 0.2) is 36.4 Å². The summed E-state index contributed by atoms with van der Waals surface area (Å²) in [5.74, 6) is -1.04.